The van der Waals surface area contributed by atoms with E-state index >= 15 is 0 Å². The highest BCUT2D eigenvalue weighted by Crippen LogP contribution is 2.54. The van der Waals surface area contributed by atoms with Gasteiger partial charge in [-0.05, 0) is 13.0 Å². The van der Waals surface area contributed by atoms with Crippen molar-refractivity contribution >= 4 is 13.6 Å². The van der Waals surface area contributed by atoms with Crippen molar-refractivity contribution in [1.29, 1.82) is 0 Å². The molecule has 0 spiro atoms. The molecule has 0 amide bonds. The Morgan fingerprint density at radius 3 is 2.56 bits per heavy atom. The van der Waals surface area contributed by atoms with Gasteiger partial charge in [0.05, 0.1) is 18.8 Å². The standard InChI is InChI=1S/C20H27F2O9P/c1-19(26,12-11-16-9-7-10-18(25)30-16)17(31-20(21,22)32(27,28)29)14-15(24)8-5-3-2-4-6-13-23/h2-8,10-12,15-17,23-24,26H,9,13-14H2,1H3,(H2,27,28,29)/b3-2+,6-4+,8-5+,12-11+/t15-,16+,17+,19+/m0/s1. The molecule has 0 bridgehead atoms. The van der Waals surface area contributed by atoms with Gasteiger partial charge in [0.15, 0.2) is 0 Å². The van der Waals surface area contributed by atoms with Crippen LogP contribution in [0.5, 0.6) is 0 Å². The second kappa shape index (κ2) is 12.3. The molecule has 4 atom stereocenters. The fraction of sp³-hybridized carbons (Fsp3) is 0.450. The van der Waals surface area contributed by atoms with Crippen LogP contribution >= 0.6 is 7.60 Å². The summed E-state index contributed by atoms with van der Waals surface area (Å²) < 4.78 is 48.1. The van der Waals surface area contributed by atoms with Gasteiger partial charge in [-0.3, -0.25) is 4.57 Å². The topological polar surface area (TPSA) is 154 Å². The van der Waals surface area contributed by atoms with Crippen molar-refractivity contribution in [3.63, 3.8) is 0 Å². The van der Waals surface area contributed by atoms with Crippen molar-refractivity contribution in [2.75, 3.05) is 6.61 Å². The van der Waals surface area contributed by atoms with Crippen molar-refractivity contribution in [1.82, 2.24) is 0 Å². The summed E-state index contributed by atoms with van der Waals surface area (Å²) in [4.78, 5) is 29.0. The number of halogens is 2. The third kappa shape index (κ3) is 9.66. The molecule has 0 aliphatic carbocycles. The molecule has 0 unspecified atom stereocenters. The van der Waals surface area contributed by atoms with Crippen molar-refractivity contribution in [2.24, 2.45) is 0 Å². The molecular formula is C20H27F2O9P. The molecule has 1 rings (SSSR count). The minimum Gasteiger partial charge on any atom is -0.455 e. The first kappa shape index (κ1) is 28.1. The van der Waals surface area contributed by atoms with Crippen molar-refractivity contribution in [3.8, 4) is 0 Å². The molecular weight excluding hydrogens is 453 g/mol. The lowest BCUT2D eigenvalue weighted by Gasteiger charge is -2.34. The van der Waals surface area contributed by atoms with E-state index in [-0.39, 0.29) is 13.0 Å². The van der Waals surface area contributed by atoms with Gasteiger partial charge in [0.1, 0.15) is 11.7 Å². The highest BCUT2D eigenvalue weighted by Gasteiger charge is 2.54. The summed E-state index contributed by atoms with van der Waals surface area (Å²) >= 11 is 0. The zero-order chi connectivity index (χ0) is 24.4. The van der Waals surface area contributed by atoms with Crippen molar-refractivity contribution in [2.45, 2.75) is 49.5 Å². The fourth-order valence-electron chi connectivity index (χ4n) is 2.47. The summed E-state index contributed by atoms with van der Waals surface area (Å²) in [6.07, 6.45) is 8.87. The summed E-state index contributed by atoms with van der Waals surface area (Å²) in [7, 11) is -6.03. The van der Waals surface area contributed by atoms with Crippen molar-refractivity contribution < 1.29 is 52.7 Å². The van der Waals surface area contributed by atoms with Gasteiger partial charge in [-0.15, -0.1) is 0 Å². The van der Waals surface area contributed by atoms with Crippen LogP contribution < -0.4 is 0 Å². The predicted octanol–water partition coefficient (Wildman–Crippen LogP) is 1.69. The monoisotopic (exact) mass is 480 g/mol. The molecule has 1 aliphatic heterocycles. The van der Waals surface area contributed by atoms with Crippen LogP contribution in [0.4, 0.5) is 8.78 Å². The number of carbonyl (C=O) groups excluding carboxylic acids is 1. The van der Waals surface area contributed by atoms with E-state index in [0.717, 1.165) is 13.0 Å². The molecule has 0 aromatic heterocycles. The van der Waals surface area contributed by atoms with Crippen LogP contribution in [0.1, 0.15) is 19.8 Å². The smallest absolute Gasteiger partial charge is 0.455 e. The predicted molar refractivity (Wildman–Crippen MR) is 110 cm³/mol. The maximum Gasteiger partial charge on any atom is 0.459 e. The molecule has 0 saturated carbocycles. The van der Waals surface area contributed by atoms with Crippen LogP contribution in [-0.4, -0.2) is 67.4 Å². The largest absolute Gasteiger partial charge is 0.459 e. The minimum absolute atomic E-state index is 0.164. The number of allylic oxidation sites excluding steroid dienone is 4. The zero-order valence-electron chi connectivity index (χ0n) is 17.2. The van der Waals surface area contributed by atoms with Gasteiger partial charge in [0, 0.05) is 18.9 Å². The summed E-state index contributed by atoms with van der Waals surface area (Å²) in [6, 6.07) is 0. The SMILES string of the molecule is C[C@@](O)(/C=C/[C@H]1CC=CC(=O)O1)[C@@H](C[C@@H](O)/C=C/C=C/C=C/CO)OC(F)(F)P(=O)(O)O. The summed E-state index contributed by atoms with van der Waals surface area (Å²) in [6.45, 7) is 0.878. The number of alkyl halides is 2. The van der Waals surface area contributed by atoms with Gasteiger partial charge in [0.2, 0.25) is 0 Å². The lowest BCUT2D eigenvalue weighted by Crippen LogP contribution is -2.45. The maximum absolute atomic E-state index is 13.9. The number of ether oxygens (including phenoxy) is 2. The number of hydrogen-bond donors (Lipinski definition) is 5. The third-order valence-electron chi connectivity index (χ3n) is 4.18. The van der Waals surface area contributed by atoms with E-state index in [1.165, 1.54) is 54.7 Å². The number of hydrogen-bond acceptors (Lipinski definition) is 7. The Balaban J connectivity index is 3.02. The second-order valence-electron chi connectivity index (χ2n) is 7.02. The number of cyclic esters (lactones) is 1. The van der Waals surface area contributed by atoms with Crippen LogP contribution in [-0.2, 0) is 18.8 Å². The van der Waals surface area contributed by atoms with E-state index in [2.05, 4.69) is 4.74 Å². The van der Waals surface area contributed by atoms with Gasteiger partial charge >= 0.3 is 19.4 Å². The molecule has 1 heterocycles. The fourth-order valence-corrected chi connectivity index (χ4v) is 2.73. The molecule has 1 aliphatic rings. The molecule has 180 valence electrons. The molecule has 12 heteroatoms. The van der Waals surface area contributed by atoms with Gasteiger partial charge in [-0.1, -0.05) is 48.6 Å². The molecule has 0 radical (unpaired) electrons. The van der Waals surface area contributed by atoms with E-state index in [1.54, 1.807) is 0 Å². The lowest BCUT2D eigenvalue weighted by atomic mass is 9.92. The molecule has 0 fully saturated rings. The van der Waals surface area contributed by atoms with Gasteiger partial charge in [-0.25, -0.2) is 4.79 Å². The third-order valence-corrected chi connectivity index (χ3v) is 4.96. The van der Waals surface area contributed by atoms with E-state index in [0.29, 0.717) is 0 Å². The Kier molecular flexibility index (Phi) is 10.8. The second-order valence-corrected chi connectivity index (χ2v) is 8.63. The normalized spacial score (nSPS) is 22.1. The quantitative estimate of drug-likeness (QED) is 0.122. The van der Waals surface area contributed by atoms with Crippen LogP contribution in [0.15, 0.2) is 60.8 Å². The molecule has 0 aromatic rings. The van der Waals surface area contributed by atoms with E-state index < -0.39 is 49.7 Å². The number of aliphatic hydroxyl groups is 3. The van der Waals surface area contributed by atoms with E-state index in [1.807, 2.05) is 0 Å². The summed E-state index contributed by atoms with van der Waals surface area (Å²) in [5.74, 6) is -5.55. The Morgan fingerprint density at radius 2 is 1.97 bits per heavy atom. The first-order chi connectivity index (χ1) is 14.8. The Hall–Kier alpha value is -1.98. The molecule has 0 saturated heterocycles. The molecule has 9 nitrogen and oxygen atoms in total. The van der Waals surface area contributed by atoms with Crippen LogP contribution in [0.3, 0.4) is 0 Å². The zero-order valence-corrected chi connectivity index (χ0v) is 18.1. The van der Waals surface area contributed by atoms with E-state index in [9.17, 15) is 28.4 Å². The molecule has 0 aromatic carbocycles. The lowest BCUT2D eigenvalue weighted by molar-refractivity contribution is -0.244. The summed E-state index contributed by atoms with van der Waals surface area (Å²) in [5.41, 5.74) is -2.24. The Bertz CT molecular complexity index is 812. The van der Waals surface area contributed by atoms with Gasteiger partial charge in [0.25, 0.3) is 0 Å². The van der Waals surface area contributed by atoms with Crippen LogP contribution in [0.2, 0.25) is 0 Å². The Morgan fingerprint density at radius 1 is 1.31 bits per heavy atom. The minimum atomic E-state index is -6.03. The average molecular weight is 480 g/mol. The average Bonchev–Trinajstić information content (AvgIpc) is 2.67. The first-order valence-electron chi connectivity index (χ1n) is 9.47. The summed E-state index contributed by atoms with van der Waals surface area (Å²) in [5, 5.41) is 29.4. The maximum atomic E-state index is 13.9. The first-order valence-corrected chi connectivity index (χ1v) is 11.1. The van der Waals surface area contributed by atoms with Gasteiger partial charge < -0.3 is 34.6 Å². The number of esters is 1. The molecule has 32 heavy (non-hydrogen) atoms. The number of aliphatic hydroxyl groups excluding tert-OH is 2. The number of rotatable bonds is 12. The Labute approximate surface area is 183 Å². The highest BCUT2D eigenvalue weighted by atomic mass is 31.2. The molecule has 5 N–H and O–H groups in total. The van der Waals surface area contributed by atoms with Crippen LogP contribution in [0.25, 0.3) is 0 Å². The highest BCUT2D eigenvalue weighted by molar-refractivity contribution is 7.52. The van der Waals surface area contributed by atoms with Crippen LogP contribution in [0, 0.1) is 0 Å². The van der Waals surface area contributed by atoms with E-state index in [4.69, 9.17) is 19.6 Å². The number of carbonyl (C=O) groups is 1. The van der Waals surface area contributed by atoms with Crippen molar-refractivity contribution in [3.05, 3.63) is 60.8 Å². The van der Waals surface area contributed by atoms with Gasteiger partial charge in [-0.2, -0.15) is 8.78 Å².